The summed E-state index contributed by atoms with van der Waals surface area (Å²) in [7, 11) is 0. The van der Waals surface area contributed by atoms with E-state index >= 15 is 0 Å². The Morgan fingerprint density at radius 2 is 2.33 bits per heavy atom. The van der Waals surface area contributed by atoms with Crippen molar-refractivity contribution >= 4 is 29.0 Å². The molecule has 0 saturated carbocycles. The van der Waals surface area contributed by atoms with Crippen molar-refractivity contribution in [2.24, 2.45) is 0 Å². The Hall–Kier alpha value is -2.22. The first kappa shape index (κ1) is 13.7. The van der Waals surface area contributed by atoms with Gasteiger partial charge in [-0.2, -0.15) is 0 Å². The molecular formula is C13H14N4O3S. The number of anilines is 1. The van der Waals surface area contributed by atoms with E-state index in [9.17, 15) is 9.59 Å². The summed E-state index contributed by atoms with van der Waals surface area (Å²) in [4.78, 5) is 30.3. The van der Waals surface area contributed by atoms with Crippen LogP contribution in [0.15, 0.2) is 28.4 Å². The molecular weight excluding hydrogens is 292 g/mol. The lowest BCUT2D eigenvalue weighted by molar-refractivity contribution is -0.145. The zero-order chi connectivity index (χ0) is 14.7. The molecule has 1 fully saturated rings. The van der Waals surface area contributed by atoms with E-state index in [-0.39, 0.29) is 11.9 Å². The number of amides is 2. The van der Waals surface area contributed by atoms with Crippen LogP contribution in [0.5, 0.6) is 0 Å². The summed E-state index contributed by atoms with van der Waals surface area (Å²) in [5, 5.41) is 8.75. The highest BCUT2D eigenvalue weighted by atomic mass is 32.1. The highest BCUT2D eigenvalue weighted by molar-refractivity contribution is 7.09. The molecule has 0 aromatic carbocycles. The summed E-state index contributed by atoms with van der Waals surface area (Å²) >= 11 is 1.50. The summed E-state index contributed by atoms with van der Waals surface area (Å²) in [6.07, 6.45) is 5.80. The van der Waals surface area contributed by atoms with Crippen molar-refractivity contribution in [3.63, 3.8) is 0 Å². The van der Waals surface area contributed by atoms with Gasteiger partial charge in [0.1, 0.15) is 11.3 Å². The van der Waals surface area contributed by atoms with E-state index in [0.717, 1.165) is 24.3 Å². The molecule has 1 N–H and O–H groups in total. The van der Waals surface area contributed by atoms with Crippen molar-refractivity contribution in [2.45, 2.75) is 25.3 Å². The molecule has 0 radical (unpaired) electrons. The fraction of sp³-hybridized carbons (Fsp3) is 0.385. The first-order chi connectivity index (χ1) is 10.3. The Morgan fingerprint density at radius 1 is 1.43 bits per heavy atom. The minimum absolute atomic E-state index is 0.116. The van der Waals surface area contributed by atoms with E-state index in [1.807, 2.05) is 5.38 Å². The van der Waals surface area contributed by atoms with Gasteiger partial charge in [-0.05, 0) is 19.3 Å². The third-order valence-electron chi connectivity index (χ3n) is 3.37. The Morgan fingerprint density at radius 3 is 3.05 bits per heavy atom. The largest absolute Gasteiger partial charge is 0.363 e. The first-order valence-corrected chi connectivity index (χ1v) is 7.55. The van der Waals surface area contributed by atoms with Crippen molar-refractivity contribution in [1.82, 2.24) is 15.0 Å². The summed E-state index contributed by atoms with van der Waals surface area (Å²) in [5.74, 6) is -1.03. The monoisotopic (exact) mass is 306 g/mol. The van der Waals surface area contributed by atoms with Crippen molar-refractivity contribution in [3.05, 3.63) is 28.9 Å². The lowest BCUT2D eigenvalue weighted by atomic mass is 10.0. The highest BCUT2D eigenvalue weighted by Crippen LogP contribution is 2.32. The topological polar surface area (TPSA) is 88.3 Å². The quantitative estimate of drug-likeness (QED) is 0.855. The molecule has 2 aromatic heterocycles. The zero-order valence-electron chi connectivity index (χ0n) is 11.2. The van der Waals surface area contributed by atoms with Crippen LogP contribution in [-0.2, 0) is 9.59 Å². The number of likely N-dealkylation sites (tertiary alicyclic amines) is 1. The molecule has 2 aromatic rings. The molecule has 7 nitrogen and oxygen atoms in total. The predicted octanol–water partition coefficient (Wildman–Crippen LogP) is 1.82. The Kier molecular flexibility index (Phi) is 3.96. The van der Waals surface area contributed by atoms with Crippen LogP contribution in [0, 0.1) is 0 Å². The molecule has 1 aliphatic rings. The number of carbonyl (C=O) groups is 2. The second-order valence-electron chi connectivity index (χ2n) is 4.72. The third-order valence-corrected chi connectivity index (χ3v) is 4.25. The number of nitrogens with one attached hydrogen (secondary N) is 1. The number of hydrogen-bond donors (Lipinski definition) is 1. The number of aromatic nitrogens is 2. The number of hydrogen-bond acceptors (Lipinski definition) is 6. The maximum Gasteiger partial charge on any atom is 0.315 e. The summed E-state index contributed by atoms with van der Waals surface area (Å²) < 4.78 is 4.62. The molecule has 8 heteroatoms. The Labute approximate surface area is 124 Å². The van der Waals surface area contributed by atoms with E-state index in [1.165, 1.54) is 23.7 Å². The SMILES string of the molecule is O=C(Nc1ccon1)C(=O)N1CCCCC1c1nccs1. The van der Waals surface area contributed by atoms with Gasteiger partial charge in [0.05, 0.1) is 6.04 Å². The Bertz CT molecular complexity index is 611. The normalized spacial score (nSPS) is 18.5. The van der Waals surface area contributed by atoms with Crippen LogP contribution in [0.3, 0.4) is 0 Å². The number of thiazole rings is 1. The smallest absolute Gasteiger partial charge is 0.315 e. The molecule has 1 atom stereocenters. The average Bonchev–Trinajstić information content (AvgIpc) is 3.19. The van der Waals surface area contributed by atoms with E-state index in [0.29, 0.717) is 6.54 Å². The number of piperidine rings is 1. The number of carbonyl (C=O) groups excluding carboxylic acids is 2. The van der Waals surface area contributed by atoms with Crippen LogP contribution in [0.4, 0.5) is 5.82 Å². The minimum Gasteiger partial charge on any atom is -0.363 e. The van der Waals surface area contributed by atoms with Gasteiger partial charge in [-0.1, -0.05) is 5.16 Å². The molecule has 21 heavy (non-hydrogen) atoms. The van der Waals surface area contributed by atoms with E-state index in [1.54, 1.807) is 11.1 Å². The van der Waals surface area contributed by atoms with Gasteiger partial charge >= 0.3 is 11.8 Å². The van der Waals surface area contributed by atoms with E-state index in [4.69, 9.17) is 0 Å². The summed E-state index contributed by atoms with van der Waals surface area (Å²) in [6.45, 7) is 0.565. The second kappa shape index (κ2) is 6.04. The molecule has 0 spiro atoms. The third kappa shape index (κ3) is 2.94. The molecule has 3 heterocycles. The number of rotatable bonds is 2. The highest BCUT2D eigenvalue weighted by Gasteiger charge is 2.33. The van der Waals surface area contributed by atoms with Crippen molar-refractivity contribution < 1.29 is 14.1 Å². The van der Waals surface area contributed by atoms with Gasteiger partial charge in [-0.3, -0.25) is 14.9 Å². The van der Waals surface area contributed by atoms with Crippen LogP contribution in [-0.4, -0.2) is 33.4 Å². The Balaban J connectivity index is 1.73. The minimum atomic E-state index is -0.702. The van der Waals surface area contributed by atoms with Gasteiger partial charge in [0.25, 0.3) is 0 Å². The van der Waals surface area contributed by atoms with Crippen LogP contribution in [0.2, 0.25) is 0 Å². The van der Waals surface area contributed by atoms with Crippen molar-refractivity contribution in [2.75, 3.05) is 11.9 Å². The molecule has 1 saturated heterocycles. The maximum atomic E-state index is 12.4. The summed E-state index contributed by atoms with van der Waals surface area (Å²) in [6, 6.07) is 1.37. The van der Waals surface area contributed by atoms with Gasteiger partial charge in [0, 0.05) is 24.2 Å². The van der Waals surface area contributed by atoms with Gasteiger partial charge in [0.2, 0.25) is 0 Å². The van der Waals surface area contributed by atoms with Crippen LogP contribution in [0.25, 0.3) is 0 Å². The fourth-order valence-corrected chi connectivity index (χ4v) is 3.19. The van der Waals surface area contributed by atoms with E-state index < -0.39 is 11.8 Å². The fourth-order valence-electron chi connectivity index (χ4n) is 2.41. The molecule has 3 rings (SSSR count). The molecule has 110 valence electrons. The van der Waals surface area contributed by atoms with Crippen LogP contribution in [0.1, 0.15) is 30.3 Å². The standard InChI is InChI=1S/C13H14N4O3S/c18-11(15-10-4-7-20-16-10)13(19)17-6-2-1-3-9(17)12-14-5-8-21-12/h4-5,7-9H,1-3,6H2,(H,15,16,18). The van der Waals surface area contributed by atoms with E-state index in [2.05, 4.69) is 20.0 Å². The second-order valence-corrected chi connectivity index (χ2v) is 5.65. The lowest BCUT2D eigenvalue weighted by Crippen LogP contribution is -2.44. The molecule has 0 bridgehead atoms. The first-order valence-electron chi connectivity index (χ1n) is 6.67. The van der Waals surface area contributed by atoms with Gasteiger partial charge in [-0.25, -0.2) is 4.98 Å². The predicted molar refractivity (Wildman–Crippen MR) is 75.6 cm³/mol. The van der Waals surface area contributed by atoms with Gasteiger partial charge in [0.15, 0.2) is 5.82 Å². The lowest BCUT2D eigenvalue weighted by Gasteiger charge is -2.33. The molecule has 1 aliphatic heterocycles. The average molecular weight is 306 g/mol. The van der Waals surface area contributed by atoms with Gasteiger partial charge < -0.3 is 9.42 Å². The molecule has 2 amide bonds. The molecule has 0 aliphatic carbocycles. The van der Waals surface area contributed by atoms with Crippen LogP contribution >= 0.6 is 11.3 Å². The van der Waals surface area contributed by atoms with Crippen molar-refractivity contribution in [1.29, 1.82) is 0 Å². The zero-order valence-corrected chi connectivity index (χ0v) is 12.0. The summed E-state index contributed by atoms with van der Waals surface area (Å²) in [5.41, 5.74) is 0. The molecule has 1 unspecified atom stereocenters. The van der Waals surface area contributed by atoms with Crippen molar-refractivity contribution in [3.8, 4) is 0 Å². The van der Waals surface area contributed by atoms with Crippen LogP contribution < -0.4 is 5.32 Å². The van der Waals surface area contributed by atoms with Gasteiger partial charge in [-0.15, -0.1) is 11.3 Å². The maximum absolute atomic E-state index is 12.4. The number of nitrogens with zero attached hydrogens (tertiary/aromatic N) is 3.